The zero-order valence-corrected chi connectivity index (χ0v) is 15.7. The monoisotopic (exact) mass is 383 g/mol. The highest BCUT2D eigenvalue weighted by Crippen LogP contribution is 2.26. The molecule has 0 aliphatic carbocycles. The molecular weight excluding hydrogens is 361 g/mol. The number of fused-ring (bicyclic) bond motifs is 1. The molecule has 1 aliphatic rings. The molecule has 1 amide bonds. The van der Waals surface area contributed by atoms with Gasteiger partial charge in [-0.3, -0.25) is 9.78 Å². The SMILES string of the molecule is CC(Cc1ccc(F)cc1)C(=O)N1CCN(c2cccc3[nH]c(=O)oc23)CC1. The minimum atomic E-state index is -0.467. The Bertz CT molecular complexity index is 1030. The van der Waals surface area contributed by atoms with Crippen LogP contribution in [-0.2, 0) is 11.2 Å². The Balaban J connectivity index is 1.39. The summed E-state index contributed by atoms with van der Waals surface area (Å²) >= 11 is 0. The Kier molecular flexibility index (Phi) is 4.90. The van der Waals surface area contributed by atoms with E-state index in [-0.39, 0.29) is 17.6 Å². The quantitative estimate of drug-likeness (QED) is 0.752. The van der Waals surface area contributed by atoms with Crippen molar-refractivity contribution in [1.82, 2.24) is 9.88 Å². The number of piperazine rings is 1. The van der Waals surface area contributed by atoms with Crippen LogP contribution in [0.15, 0.2) is 51.7 Å². The second-order valence-electron chi connectivity index (χ2n) is 7.21. The Hall–Kier alpha value is -3.09. The van der Waals surface area contributed by atoms with Gasteiger partial charge in [-0.15, -0.1) is 0 Å². The number of carbonyl (C=O) groups excluding carboxylic acids is 1. The van der Waals surface area contributed by atoms with Crippen LogP contribution in [0, 0.1) is 11.7 Å². The number of hydrogen-bond donors (Lipinski definition) is 1. The van der Waals surface area contributed by atoms with E-state index in [1.165, 1.54) is 12.1 Å². The van der Waals surface area contributed by atoms with Crippen molar-refractivity contribution < 1.29 is 13.6 Å². The van der Waals surface area contributed by atoms with Crippen molar-refractivity contribution in [3.05, 3.63) is 64.4 Å². The van der Waals surface area contributed by atoms with E-state index < -0.39 is 5.76 Å². The van der Waals surface area contributed by atoms with Gasteiger partial charge in [-0.05, 0) is 36.2 Å². The minimum absolute atomic E-state index is 0.107. The Labute approximate surface area is 161 Å². The van der Waals surface area contributed by atoms with Crippen LogP contribution >= 0.6 is 0 Å². The molecule has 1 aromatic heterocycles. The lowest BCUT2D eigenvalue weighted by atomic mass is 9.99. The first kappa shape index (κ1) is 18.3. The molecule has 0 radical (unpaired) electrons. The number of nitrogens with one attached hydrogen (secondary N) is 1. The molecule has 0 spiro atoms. The third-order valence-corrected chi connectivity index (χ3v) is 5.23. The first-order valence-electron chi connectivity index (χ1n) is 9.41. The van der Waals surface area contributed by atoms with Gasteiger partial charge in [0, 0.05) is 32.1 Å². The van der Waals surface area contributed by atoms with Crippen LogP contribution in [0.4, 0.5) is 10.1 Å². The highest BCUT2D eigenvalue weighted by molar-refractivity contribution is 5.86. The number of nitrogens with zero attached hydrogens (tertiary/aromatic N) is 2. The molecule has 0 saturated carbocycles. The van der Waals surface area contributed by atoms with Gasteiger partial charge in [-0.25, -0.2) is 9.18 Å². The second kappa shape index (κ2) is 7.50. The lowest BCUT2D eigenvalue weighted by Gasteiger charge is -2.37. The van der Waals surface area contributed by atoms with Crippen LogP contribution in [0.2, 0.25) is 0 Å². The molecule has 28 heavy (non-hydrogen) atoms. The highest BCUT2D eigenvalue weighted by atomic mass is 19.1. The summed E-state index contributed by atoms with van der Waals surface area (Å²) in [6.07, 6.45) is 0.590. The van der Waals surface area contributed by atoms with Crippen LogP contribution in [0.5, 0.6) is 0 Å². The number of aromatic nitrogens is 1. The van der Waals surface area contributed by atoms with Crippen molar-refractivity contribution in [2.45, 2.75) is 13.3 Å². The van der Waals surface area contributed by atoms with Crippen molar-refractivity contribution in [3.63, 3.8) is 0 Å². The summed E-state index contributed by atoms with van der Waals surface area (Å²) in [4.78, 5) is 31.0. The van der Waals surface area contributed by atoms with E-state index >= 15 is 0 Å². The molecule has 1 saturated heterocycles. The molecule has 4 rings (SSSR count). The number of oxazole rings is 1. The summed E-state index contributed by atoms with van der Waals surface area (Å²) < 4.78 is 18.3. The average Bonchev–Trinajstić information content (AvgIpc) is 3.09. The second-order valence-corrected chi connectivity index (χ2v) is 7.21. The predicted molar refractivity (Wildman–Crippen MR) is 105 cm³/mol. The van der Waals surface area contributed by atoms with Crippen LogP contribution in [0.25, 0.3) is 11.1 Å². The molecule has 0 bridgehead atoms. The molecule has 7 heteroatoms. The molecule has 1 unspecified atom stereocenters. The number of para-hydroxylation sites is 1. The molecule has 146 valence electrons. The summed E-state index contributed by atoms with van der Waals surface area (Å²) in [7, 11) is 0. The van der Waals surface area contributed by atoms with Gasteiger partial charge in [0.2, 0.25) is 5.91 Å². The number of anilines is 1. The smallest absolute Gasteiger partial charge is 0.406 e. The minimum Gasteiger partial charge on any atom is -0.406 e. The Morgan fingerprint density at radius 3 is 2.57 bits per heavy atom. The summed E-state index contributed by atoms with van der Waals surface area (Å²) in [5.41, 5.74) is 3.04. The lowest BCUT2D eigenvalue weighted by molar-refractivity contribution is -0.135. The number of carbonyl (C=O) groups is 1. The van der Waals surface area contributed by atoms with Crippen LogP contribution in [0.1, 0.15) is 12.5 Å². The van der Waals surface area contributed by atoms with Gasteiger partial charge >= 0.3 is 5.76 Å². The number of halogens is 1. The molecule has 1 N–H and O–H groups in total. The van der Waals surface area contributed by atoms with Gasteiger partial charge in [0.1, 0.15) is 5.82 Å². The Morgan fingerprint density at radius 1 is 1.14 bits per heavy atom. The standard InChI is InChI=1S/C21H22FN3O3/c1-14(13-15-5-7-16(22)8-6-15)20(26)25-11-9-24(10-12-25)18-4-2-3-17-19(18)28-21(27)23-17/h2-8,14H,9-13H2,1H3,(H,23,27). The third-order valence-electron chi connectivity index (χ3n) is 5.23. The normalized spacial score (nSPS) is 15.8. The predicted octanol–water partition coefficient (Wildman–Crippen LogP) is 2.79. The summed E-state index contributed by atoms with van der Waals surface area (Å²) in [6.45, 7) is 4.47. The van der Waals surface area contributed by atoms with E-state index in [2.05, 4.69) is 9.88 Å². The highest BCUT2D eigenvalue weighted by Gasteiger charge is 2.26. The van der Waals surface area contributed by atoms with Crippen LogP contribution < -0.4 is 10.7 Å². The third kappa shape index (κ3) is 3.65. The molecule has 1 fully saturated rings. The maximum Gasteiger partial charge on any atom is 0.417 e. The van der Waals surface area contributed by atoms with E-state index in [4.69, 9.17) is 4.42 Å². The number of H-pyrrole nitrogens is 1. The Morgan fingerprint density at radius 2 is 1.86 bits per heavy atom. The lowest BCUT2D eigenvalue weighted by Crippen LogP contribution is -2.50. The zero-order valence-electron chi connectivity index (χ0n) is 15.7. The summed E-state index contributed by atoms with van der Waals surface area (Å²) in [6, 6.07) is 11.9. The molecule has 2 heterocycles. The average molecular weight is 383 g/mol. The molecule has 3 aromatic rings. The number of amides is 1. The number of rotatable bonds is 4. The molecule has 6 nitrogen and oxygen atoms in total. The number of hydrogen-bond acceptors (Lipinski definition) is 4. The van der Waals surface area contributed by atoms with Crippen LogP contribution in [0.3, 0.4) is 0 Å². The van der Waals surface area contributed by atoms with Gasteiger partial charge in [0.15, 0.2) is 5.58 Å². The fourth-order valence-electron chi connectivity index (χ4n) is 3.75. The van der Waals surface area contributed by atoms with Gasteiger partial charge in [-0.1, -0.05) is 25.1 Å². The zero-order chi connectivity index (χ0) is 19.7. The van der Waals surface area contributed by atoms with Crippen molar-refractivity contribution >= 4 is 22.7 Å². The maximum atomic E-state index is 13.0. The van der Waals surface area contributed by atoms with E-state index in [9.17, 15) is 14.0 Å². The van der Waals surface area contributed by atoms with Crippen molar-refractivity contribution in [1.29, 1.82) is 0 Å². The largest absolute Gasteiger partial charge is 0.417 e. The molecule has 2 aromatic carbocycles. The number of benzene rings is 2. The fourth-order valence-corrected chi connectivity index (χ4v) is 3.75. The fraction of sp³-hybridized carbons (Fsp3) is 0.333. The maximum absolute atomic E-state index is 13.0. The van der Waals surface area contributed by atoms with Crippen molar-refractivity contribution in [3.8, 4) is 0 Å². The number of aromatic amines is 1. The molecule has 1 aliphatic heterocycles. The molecular formula is C21H22FN3O3. The topological polar surface area (TPSA) is 69.6 Å². The van der Waals surface area contributed by atoms with Gasteiger partial charge in [0.05, 0.1) is 11.2 Å². The van der Waals surface area contributed by atoms with Gasteiger partial charge in [0.25, 0.3) is 0 Å². The summed E-state index contributed by atoms with van der Waals surface area (Å²) in [5, 5.41) is 0. The van der Waals surface area contributed by atoms with Crippen molar-refractivity contribution in [2.24, 2.45) is 5.92 Å². The van der Waals surface area contributed by atoms with Gasteiger partial charge in [-0.2, -0.15) is 0 Å². The summed E-state index contributed by atoms with van der Waals surface area (Å²) in [5.74, 6) is -0.795. The van der Waals surface area contributed by atoms with E-state index in [1.54, 1.807) is 18.2 Å². The van der Waals surface area contributed by atoms with E-state index in [0.29, 0.717) is 43.7 Å². The first-order chi connectivity index (χ1) is 13.5. The van der Waals surface area contributed by atoms with Crippen LogP contribution in [-0.4, -0.2) is 42.0 Å². The van der Waals surface area contributed by atoms with Crippen molar-refractivity contribution in [2.75, 3.05) is 31.1 Å². The van der Waals surface area contributed by atoms with E-state index in [0.717, 1.165) is 11.3 Å². The first-order valence-corrected chi connectivity index (χ1v) is 9.41. The molecule has 1 atom stereocenters. The van der Waals surface area contributed by atoms with Gasteiger partial charge < -0.3 is 14.2 Å². The van der Waals surface area contributed by atoms with E-state index in [1.807, 2.05) is 24.0 Å².